The third-order valence-corrected chi connectivity index (χ3v) is 6.89. The number of rotatable bonds is 19. The fourth-order valence-corrected chi connectivity index (χ4v) is 4.45. The summed E-state index contributed by atoms with van der Waals surface area (Å²) in [6.07, 6.45) is 20.0. The Morgan fingerprint density at radius 1 is 0.971 bits per heavy atom. The number of hydrogen-bond donors (Lipinski definition) is 2. The molecule has 0 unspecified atom stereocenters. The molecule has 8 nitrogen and oxygen atoms in total. The molecule has 0 fully saturated rings. The van der Waals surface area contributed by atoms with E-state index in [-0.39, 0.29) is 23.1 Å². The number of non-ortho nitro benzene ring substituents is 1. The molecule has 1 aromatic rings. The summed E-state index contributed by atoms with van der Waals surface area (Å²) in [5.41, 5.74) is -0.218. The van der Waals surface area contributed by atoms with E-state index < -0.39 is 20.9 Å². The van der Waals surface area contributed by atoms with Gasteiger partial charge in [-0.3, -0.25) is 14.9 Å². The predicted octanol–water partition coefficient (Wildman–Crippen LogP) is 5.96. The van der Waals surface area contributed by atoms with Crippen molar-refractivity contribution in [3.05, 3.63) is 58.7 Å². The Morgan fingerprint density at radius 2 is 1.54 bits per heavy atom. The normalized spacial score (nSPS) is 12.9. The van der Waals surface area contributed by atoms with Gasteiger partial charge in [0.05, 0.1) is 15.9 Å². The first-order chi connectivity index (χ1) is 16.8. The molecular weight excluding hydrogens is 468 g/mol. The largest absolute Gasteiger partial charge is 0.389 e. The third-order valence-electron chi connectivity index (χ3n) is 5.50. The topological polar surface area (TPSA) is 127 Å². The summed E-state index contributed by atoms with van der Waals surface area (Å²) < 4.78 is 26.4. The molecule has 1 amide bonds. The molecule has 1 rings (SSSR count). The van der Waals surface area contributed by atoms with Crippen molar-refractivity contribution in [1.82, 2.24) is 4.72 Å². The predicted molar refractivity (Wildman–Crippen MR) is 138 cm³/mol. The Bertz CT molecular complexity index is 910. The zero-order valence-electron chi connectivity index (χ0n) is 20.7. The number of sulfonamides is 1. The number of nitrogens with one attached hydrogen (secondary N) is 1. The van der Waals surface area contributed by atoms with E-state index in [1.807, 2.05) is 16.9 Å². The Morgan fingerprint density at radius 3 is 2.14 bits per heavy atom. The van der Waals surface area contributed by atoms with Gasteiger partial charge < -0.3 is 5.11 Å². The van der Waals surface area contributed by atoms with E-state index in [1.54, 1.807) is 0 Å². The van der Waals surface area contributed by atoms with Crippen LogP contribution in [0, 0.1) is 10.1 Å². The number of aliphatic hydroxyl groups is 1. The number of aliphatic hydroxyl groups excluding tert-OH is 1. The van der Waals surface area contributed by atoms with Crippen molar-refractivity contribution in [1.29, 1.82) is 0 Å². The van der Waals surface area contributed by atoms with E-state index in [9.17, 15) is 28.4 Å². The van der Waals surface area contributed by atoms with E-state index in [4.69, 9.17) is 0 Å². The quantitative estimate of drug-likeness (QED) is 0.103. The van der Waals surface area contributed by atoms with Crippen LogP contribution in [0.4, 0.5) is 5.69 Å². The van der Waals surface area contributed by atoms with Crippen LogP contribution < -0.4 is 4.72 Å². The minimum atomic E-state index is -4.03. The molecule has 196 valence electrons. The van der Waals surface area contributed by atoms with E-state index in [0.29, 0.717) is 12.8 Å². The van der Waals surface area contributed by atoms with Crippen molar-refractivity contribution in [2.45, 2.75) is 101 Å². The van der Waals surface area contributed by atoms with Crippen LogP contribution in [0.5, 0.6) is 0 Å². The maximum absolute atomic E-state index is 12.2. The van der Waals surface area contributed by atoms with E-state index >= 15 is 0 Å². The molecule has 0 radical (unpaired) electrons. The lowest BCUT2D eigenvalue weighted by atomic mass is 10.1. The SMILES string of the molecule is CCCC[C@@H](O)/C=C\CCCCCCC/C=C\CCCC(=O)NS(=O)(=O)c1ccc([N+](=O)[O-])cc1. The number of nitro benzene ring substituents is 1. The summed E-state index contributed by atoms with van der Waals surface area (Å²) in [5.74, 6) is -0.595. The fraction of sp³-hybridized carbons (Fsp3) is 0.577. The smallest absolute Gasteiger partial charge is 0.269 e. The van der Waals surface area contributed by atoms with Crippen LogP contribution in [0.15, 0.2) is 53.5 Å². The minimum absolute atomic E-state index is 0.0840. The number of carbonyl (C=O) groups excluding carboxylic acids is 1. The van der Waals surface area contributed by atoms with Crippen molar-refractivity contribution >= 4 is 21.6 Å². The number of amides is 1. The molecule has 0 aliphatic heterocycles. The average molecular weight is 509 g/mol. The highest BCUT2D eigenvalue weighted by Gasteiger charge is 2.18. The summed E-state index contributed by atoms with van der Waals surface area (Å²) in [5, 5.41) is 20.4. The van der Waals surface area contributed by atoms with Gasteiger partial charge in [0.1, 0.15) is 0 Å². The Hall–Kier alpha value is -2.52. The summed E-state index contributed by atoms with van der Waals surface area (Å²) >= 11 is 0. The monoisotopic (exact) mass is 508 g/mol. The summed E-state index contributed by atoms with van der Waals surface area (Å²) in [6.45, 7) is 2.12. The van der Waals surface area contributed by atoms with Gasteiger partial charge in [0, 0.05) is 18.6 Å². The second-order valence-electron chi connectivity index (χ2n) is 8.63. The first-order valence-corrected chi connectivity index (χ1v) is 14.0. The molecule has 0 saturated heterocycles. The van der Waals surface area contributed by atoms with Crippen LogP contribution in [-0.2, 0) is 14.8 Å². The summed E-state index contributed by atoms with van der Waals surface area (Å²) in [6, 6.07) is 4.39. The average Bonchev–Trinajstić information content (AvgIpc) is 2.82. The van der Waals surface area contributed by atoms with Gasteiger partial charge in [-0.25, -0.2) is 13.1 Å². The molecule has 1 aromatic carbocycles. The second-order valence-corrected chi connectivity index (χ2v) is 10.3. The zero-order valence-corrected chi connectivity index (χ0v) is 21.5. The molecule has 0 heterocycles. The molecule has 0 spiro atoms. The molecule has 0 saturated carbocycles. The molecular formula is C26H40N2O6S. The molecule has 1 atom stereocenters. The van der Waals surface area contributed by atoms with Gasteiger partial charge in [-0.05, 0) is 57.1 Å². The Labute approximate surface area is 209 Å². The fourth-order valence-electron chi connectivity index (χ4n) is 3.44. The van der Waals surface area contributed by atoms with E-state index in [1.165, 1.54) is 19.3 Å². The Balaban J connectivity index is 2.07. The standard InChI is InChI=1S/C26H40N2O6S/c1-2-3-16-24(29)17-14-12-10-8-6-4-5-7-9-11-13-15-18-26(30)27-35(33,34)25-21-19-23(20-22-25)28(31)32/h9,11,14,17,19-22,24,29H,2-8,10,12-13,15-16,18H2,1H3,(H,27,30)/b11-9-,17-14-/t24-/m1/s1. The molecule has 0 aliphatic rings. The molecule has 35 heavy (non-hydrogen) atoms. The number of nitrogens with zero attached hydrogens (tertiary/aromatic N) is 1. The molecule has 2 N–H and O–H groups in total. The number of unbranched alkanes of at least 4 members (excludes halogenated alkanes) is 8. The molecule has 0 bridgehead atoms. The van der Waals surface area contributed by atoms with E-state index in [2.05, 4.69) is 19.1 Å². The second kappa shape index (κ2) is 17.8. The van der Waals surface area contributed by atoms with Crippen molar-refractivity contribution in [2.75, 3.05) is 0 Å². The Kier molecular flexibility index (Phi) is 15.6. The van der Waals surface area contributed by atoms with E-state index in [0.717, 1.165) is 69.2 Å². The van der Waals surface area contributed by atoms with Gasteiger partial charge in [0.15, 0.2) is 0 Å². The number of carbonyl (C=O) groups is 1. The van der Waals surface area contributed by atoms with Gasteiger partial charge in [0.2, 0.25) is 5.91 Å². The first-order valence-electron chi connectivity index (χ1n) is 12.6. The number of benzene rings is 1. The highest BCUT2D eigenvalue weighted by atomic mass is 32.2. The van der Waals surface area contributed by atoms with Gasteiger partial charge in [0.25, 0.3) is 15.7 Å². The van der Waals surface area contributed by atoms with Gasteiger partial charge >= 0.3 is 0 Å². The number of allylic oxidation sites excluding steroid dienone is 3. The number of hydrogen-bond acceptors (Lipinski definition) is 6. The van der Waals surface area contributed by atoms with Crippen LogP contribution in [0.3, 0.4) is 0 Å². The summed E-state index contributed by atoms with van der Waals surface area (Å²) in [4.78, 5) is 21.8. The van der Waals surface area contributed by atoms with Crippen LogP contribution in [0.2, 0.25) is 0 Å². The first kappa shape index (κ1) is 30.5. The highest BCUT2D eigenvalue weighted by molar-refractivity contribution is 7.90. The third kappa shape index (κ3) is 14.5. The lowest BCUT2D eigenvalue weighted by Crippen LogP contribution is -2.30. The minimum Gasteiger partial charge on any atom is -0.389 e. The van der Waals surface area contributed by atoms with Crippen molar-refractivity contribution < 1.29 is 23.2 Å². The van der Waals surface area contributed by atoms with Crippen LogP contribution >= 0.6 is 0 Å². The highest BCUT2D eigenvalue weighted by Crippen LogP contribution is 2.16. The molecule has 0 aromatic heterocycles. The van der Waals surface area contributed by atoms with Crippen molar-refractivity contribution in [2.24, 2.45) is 0 Å². The zero-order chi connectivity index (χ0) is 25.9. The summed E-state index contributed by atoms with van der Waals surface area (Å²) in [7, 11) is -4.03. The van der Waals surface area contributed by atoms with Crippen molar-refractivity contribution in [3.63, 3.8) is 0 Å². The maximum Gasteiger partial charge on any atom is 0.269 e. The maximum atomic E-state index is 12.2. The van der Waals surface area contributed by atoms with Crippen molar-refractivity contribution in [3.8, 4) is 0 Å². The lowest BCUT2D eigenvalue weighted by Gasteiger charge is -2.06. The van der Waals surface area contributed by atoms with Gasteiger partial charge in [-0.1, -0.05) is 63.3 Å². The van der Waals surface area contributed by atoms with Crippen LogP contribution in [0.1, 0.15) is 90.4 Å². The molecule has 0 aliphatic carbocycles. The van der Waals surface area contributed by atoms with Gasteiger partial charge in [-0.15, -0.1) is 0 Å². The number of nitro groups is 1. The van der Waals surface area contributed by atoms with Crippen LogP contribution in [0.25, 0.3) is 0 Å². The van der Waals surface area contributed by atoms with Gasteiger partial charge in [-0.2, -0.15) is 0 Å². The van der Waals surface area contributed by atoms with Crippen LogP contribution in [-0.4, -0.2) is 30.5 Å². The molecule has 9 heteroatoms. The lowest BCUT2D eigenvalue weighted by molar-refractivity contribution is -0.384.